The van der Waals surface area contributed by atoms with Crippen molar-refractivity contribution in [3.05, 3.63) is 42.9 Å². The molecular weight excluding hydrogens is 466 g/mol. The summed E-state index contributed by atoms with van der Waals surface area (Å²) in [4.78, 5) is 40.5. The highest BCUT2D eigenvalue weighted by molar-refractivity contribution is 8.29. The number of hydrogen-bond donors (Lipinski definition) is 0. The number of hydrogen-bond acceptors (Lipinski definition) is 8. The number of thioether (sulfide) groups is 2. The molecule has 0 bridgehead atoms. The first-order valence-corrected chi connectivity index (χ1v) is 12.0. The van der Waals surface area contributed by atoms with Crippen LogP contribution in [0.25, 0.3) is 5.57 Å². The molecule has 2 heterocycles. The Bertz CT molecular complexity index is 1090. The molecule has 0 aliphatic carbocycles. The fourth-order valence-electron chi connectivity index (χ4n) is 3.91. The van der Waals surface area contributed by atoms with Crippen molar-refractivity contribution in [2.24, 2.45) is 0 Å². The van der Waals surface area contributed by atoms with Gasteiger partial charge in [-0.1, -0.05) is 54.3 Å². The number of aryl methyl sites for hydroxylation is 2. The van der Waals surface area contributed by atoms with E-state index < -0.39 is 17.5 Å². The number of amides is 1. The summed E-state index contributed by atoms with van der Waals surface area (Å²) < 4.78 is 10.5. The van der Waals surface area contributed by atoms with Crippen LogP contribution in [0.15, 0.2) is 26.2 Å². The van der Waals surface area contributed by atoms with E-state index in [1.807, 2.05) is 46.8 Å². The summed E-state index contributed by atoms with van der Waals surface area (Å²) in [5.74, 6) is -1.24. The van der Waals surface area contributed by atoms with Crippen LogP contribution in [0.3, 0.4) is 0 Å². The van der Waals surface area contributed by atoms with Crippen LogP contribution >= 0.6 is 35.7 Å². The summed E-state index contributed by atoms with van der Waals surface area (Å²) in [6.07, 6.45) is 0.342. The molecule has 6 nitrogen and oxygen atoms in total. The zero-order valence-electron chi connectivity index (χ0n) is 19.1. The van der Waals surface area contributed by atoms with Crippen LogP contribution < -0.4 is 4.90 Å². The molecule has 0 saturated heterocycles. The molecule has 0 saturated carbocycles. The summed E-state index contributed by atoms with van der Waals surface area (Å²) in [5, 5.41) is 0. The number of thiocarbonyl (C=S) groups is 1. The van der Waals surface area contributed by atoms with E-state index in [0.717, 1.165) is 51.5 Å². The Hall–Kier alpha value is -2.10. The Morgan fingerprint density at radius 2 is 1.56 bits per heavy atom. The molecule has 2 aliphatic heterocycles. The van der Waals surface area contributed by atoms with Gasteiger partial charge in [0, 0.05) is 17.6 Å². The number of benzene rings is 1. The summed E-state index contributed by atoms with van der Waals surface area (Å²) in [6.45, 7) is 9.63. The van der Waals surface area contributed by atoms with Gasteiger partial charge >= 0.3 is 11.9 Å². The predicted molar refractivity (Wildman–Crippen MR) is 134 cm³/mol. The second kappa shape index (κ2) is 9.03. The van der Waals surface area contributed by atoms with Crippen LogP contribution in [0.2, 0.25) is 0 Å². The van der Waals surface area contributed by atoms with E-state index in [9.17, 15) is 14.4 Å². The molecule has 9 heteroatoms. The monoisotopic (exact) mass is 491 g/mol. The van der Waals surface area contributed by atoms with Crippen LogP contribution in [-0.2, 0) is 23.9 Å². The van der Waals surface area contributed by atoms with E-state index in [-0.39, 0.29) is 15.7 Å². The van der Waals surface area contributed by atoms with E-state index in [4.69, 9.17) is 21.7 Å². The SMILES string of the molecule is CCC(=O)N1c2c(C)cc(C)cc2C(=C2SC(C(=O)OC)=C(C(=O)OC)S2)C(=S)C1(C)C. The Kier molecular flexibility index (Phi) is 6.93. The summed E-state index contributed by atoms with van der Waals surface area (Å²) in [5.41, 5.74) is 3.57. The van der Waals surface area contributed by atoms with E-state index >= 15 is 0 Å². The number of carbonyl (C=O) groups is 3. The Morgan fingerprint density at radius 1 is 1.03 bits per heavy atom. The molecule has 1 aromatic carbocycles. The molecule has 0 N–H and O–H groups in total. The van der Waals surface area contributed by atoms with Gasteiger partial charge in [0.1, 0.15) is 9.81 Å². The third kappa shape index (κ3) is 3.91. The number of ether oxygens (including phenoxy) is 2. The summed E-state index contributed by atoms with van der Waals surface area (Å²) in [7, 11) is 2.54. The number of esters is 2. The Labute approximate surface area is 201 Å². The van der Waals surface area contributed by atoms with Crippen molar-refractivity contribution in [1.82, 2.24) is 0 Å². The number of carbonyl (C=O) groups excluding carboxylic acids is 3. The van der Waals surface area contributed by atoms with Gasteiger partial charge in [-0.15, -0.1) is 0 Å². The molecule has 32 heavy (non-hydrogen) atoms. The third-order valence-corrected chi connectivity index (χ3v) is 8.63. The average molecular weight is 492 g/mol. The highest BCUT2D eigenvalue weighted by Gasteiger charge is 2.46. The standard InChI is InChI=1S/C23H25NO5S3/c1-8-14(25)24-16-12(3)9-11(2)10-13(16)15(19(30)23(24,4)5)22-31-17(20(26)28-6)18(32-22)21(27)29-7/h9-10H,8H2,1-7H3. The van der Waals surface area contributed by atoms with Gasteiger partial charge in [0.05, 0.1) is 34.5 Å². The minimum absolute atomic E-state index is 0.0232. The maximum atomic E-state index is 13.0. The average Bonchev–Trinajstić information content (AvgIpc) is 3.18. The van der Waals surface area contributed by atoms with E-state index in [1.54, 1.807) is 4.90 Å². The molecule has 1 amide bonds. The molecule has 2 aliphatic rings. The van der Waals surface area contributed by atoms with Gasteiger partial charge in [-0.05, 0) is 39.3 Å². The largest absolute Gasteiger partial charge is 0.465 e. The van der Waals surface area contributed by atoms with Crippen molar-refractivity contribution in [3.63, 3.8) is 0 Å². The van der Waals surface area contributed by atoms with Gasteiger partial charge in [-0.3, -0.25) is 4.79 Å². The van der Waals surface area contributed by atoms with Crippen molar-refractivity contribution in [1.29, 1.82) is 0 Å². The fraction of sp³-hybridized carbons (Fsp3) is 0.391. The number of rotatable bonds is 3. The zero-order chi connectivity index (χ0) is 24.0. The van der Waals surface area contributed by atoms with Crippen molar-refractivity contribution in [2.75, 3.05) is 19.1 Å². The van der Waals surface area contributed by atoms with Crippen LogP contribution in [0.4, 0.5) is 5.69 Å². The minimum atomic E-state index is -0.779. The second-order valence-electron chi connectivity index (χ2n) is 7.96. The van der Waals surface area contributed by atoms with Crippen LogP contribution in [0.5, 0.6) is 0 Å². The summed E-state index contributed by atoms with van der Waals surface area (Å²) in [6, 6.07) is 4.03. The zero-order valence-corrected chi connectivity index (χ0v) is 21.5. The molecular formula is C23H25NO5S3. The predicted octanol–water partition coefficient (Wildman–Crippen LogP) is 4.91. The lowest BCUT2D eigenvalue weighted by atomic mass is 9.81. The lowest BCUT2D eigenvalue weighted by Gasteiger charge is -2.46. The first-order valence-electron chi connectivity index (χ1n) is 9.99. The first kappa shape index (κ1) is 24.5. The molecule has 0 atom stereocenters. The Balaban J connectivity index is 2.32. The molecule has 0 unspecified atom stereocenters. The molecule has 170 valence electrons. The van der Waals surface area contributed by atoms with E-state index in [0.29, 0.717) is 15.5 Å². The maximum absolute atomic E-state index is 13.0. The van der Waals surface area contributed by atoms with Crippen molar-refractivity contribution >= 4 is 69.7 Å². The number of anilines is 1. The number of nitrogens with zero attached hydrogens (tertiary/aromatic N) is 1. The van der Waals surface area contributed by atoms with Gasteiger partial charge in [-0.25, -0.2) is 9.59 Å². The van der Waals surface area contributed by atoms with Crippen molar-refractivity contribution < 1.29 is 23.9 Å². The lowest BCUT2D eigenvalue weighted by molar-refractivity contribution is -0.138. The Morgan fingerprint density at radius 3 is 2.03 bits per heavy atom. The van der Waals surface area contributed by atoms with Crippen molar-refractivity contribution in [2.45, 2.75) is 46.6 Å². The van der Waals surface area contributed by atoms with Crippen LogP contribution in [0, 0.1) is 13.8 Å². The van der Waals surface area contributed by atoms with Gasteiger partial charge in [-0.2, -0.15) is 0 Å². The normalized spacial score (nSPS) is 17.5. The van der Waals surface area contributed by atoms with Crippen LogP contribution in [-0.4, -0.2) is 42.5 Å². The third-order valence-electron chi connectivity index (χ3n) is 5.37. The summed E-state index contributed by atoms with van der Waals surface area (Å²) >= 11 is 8.25. The van der Waals surface area contributed by atoms with E-state index in [2.05, 4.69) is 0 Å². The van der Waals surface area contributed by atoms with Crippen LogP contribution in [0.1, 0.15) is 43.9 Å². The molecule has 3 rings (SSSR count). The first-order chi connectivity index (χ1) is 15.0. The maximum Gasteiger partial charge on any atom is 0.346 e. The fourth-order valence-corrected chi connectivity index (χ4v) is 6.94. The highest BCUT2D eigenvalue weighted by Crippen LogP contribution is 2.56. The number of methoxy groups -OCH3 is 2. The molecule has 1 aromatic rings. The second-order valence-corrected chi connectivity index (χ2v) is 10.7. The molecule has 0 aromatic heterocycles. The van der Waals surface area contributed by atoms with E-state index in [1.165, 1.54) is 14.2 Å². The number of fused-ring (bicyclic) bond motifs is 1. The van der Waals surface area contributed by atoms with Gasteiger partial charge in [0.2, 0.25) is 5.91 Å². The molecule has 0 fully saturated rings. The van der Waals surface area contributed by atoms with Gasteiger partial charge in [0.15, 0.2) is 0 Å². The highest BCUT2D eigenvalue weighted by atomic mass is 32.2. The molecule has 0 radical (unpaired) electrons. The minimum Gasteiger partial charge on any atom is -0.465 e. The molecule has 0 spiro atoms. The van der Waals surface area contributed by atoms with Gasteiger partial charge < -0.3 is 14.4 Å². The van der Waals surface area contributed by atoms with Crippen molar-refractivity contribution in [3.8, 4) is 0 Å². The van der Waals surface area contributed by atoms with Gasteiger partial charge in [0.25, 0.3) is 0 Å². The topological polar surface area (TPSA) is 72.9 Å². The smallest absolute Gasteiger partial charge is 0.346 e. The lowest BCUT2D eigenvalue weighted by Crippen LogP contribution is -2.56. The quantitative estimate of drug-likeness (QED) is 0.335.